The fourth-order valence-electron chi connectivity index (χ4n) is 5.24. The van der Waals surface area contributed by atoms with Crippen LogP contribution in [-0.2, 0) is 5.60 Å². The second kappa shape index (κ2) is 9.71. The minimum atomic E-state index is -0.843. The van der Waals surface area contributed by atoms with Crippen LogP contribution in [0.2, 0.25) is 0 Å². The number of carbonyl (C=O) groups excluding carboxylic acids is 1. The Morgan fingerprint density at radius 1 is 1.08 bits per heavy atom. The summed E-state index contributed by atoms with van der Waals surface area (Å²) in [4.78, 5) is 23.6. The number of aromatic nitrogens is 3. The Balaban J connectivity index is 1.32. The third-order valence-electron chi connectivity index (χ3n) is 7.41. The third-order valence-corrected chi connectivity index (χ3v) is 7.41. The Morgan fingerprint density at radius 3 is 2.50 bits per heavy atom. The van der Waals surface area contributed by atoms with Crippen LogP contribution in [0.15, 0.2) is 42.9 Å². The quantitative estimate of drug-likeness (QED) is 0.571. The molecule has 0 saturated carbocycles. The number of β-amino-alcohol motifs (C(OH)–C–C–N with tert-alkyl or cyclic N) is 1. The average Bonchev–Trinajstić information content (AvgIpc) is 3.49. The van der Waals surface area contributed by atoms with Crippen LogP contribution in [-0.4, -0.2) is 86.9 Å². The van der Waals surface area contributed by atoms with Gasteiger partial charge in [0.25, 0.3) is 0 Å². The predicted octanol–water partition coefficient (Wildman–Crippen LogP) is 2.94. The van der Waals surface area contributed by atoms with Crippen LogP contribution in [0.3, 0.4) is 0 Å². The lowest BCUT2D eigenvalue weighted by Crippen LogP contribution is -2.53. The molecule has 9 nitrogen and oxygen atoms in total. The molecule has 2 aliphatic heterocycles. The highest BCUT2D eigenvalue weighted by Gasteiger charge is 2.38. The number of anilines is 1. The number of aliphatic hydroxyl groups is 1. The minimum absolute atomic E-state index is 0.00296. The summed E-state index contributed by atoms with van der Waals surface area (Å²) in [6.07, 6.45) is 6.35. The van der Waals surface area contributed by atoms with E-state index in [0.717, 1.165) is 54.1 Å². The maximum Gasteiger partial charge on any atom is 0.317 e. The number of rotatable bonds is 5. The summed E-state index contributed by atoms with van der Waals surface area (Å²) in [6.45, 7) is 12.7. The number of piperazine rings is 1. The van der Waals surface area contributed by atoms with Crippen molar-refractivity contribution in [1.29, 1.82) is 0 Å². The Bertz CT molecular complexity index is 1210. The van der Waals surface area contributed by atoms with Crippen LogP contribution < -0.4 is 10.2 Å². The lowest BCUT2D eigenvalue weighted by Gasteiger charge is -2.36. The standard InChI is InChI=1S/C27H37N7O2/c1-19(2)30-26(35)32-13-11-31(12-14-32)24-7-9-29-34-17-21(15-25(24)34)23-6-5-22(16-28-23)27(36)8-10-33(18-27)20(3)4/h5-7,9,15-17,19-20,36H,8,10-14,18H2,1-4H3,(H,30,35)/t27-/m1/s1. The highest BCUT2D eigenvalue weighted by Crippen LogP contribution is 2.34. The van der Waals surface area contributed by atoms with Gasteiger partial charge in [-0.25, -0.2) is 9.31 Å². The van der Waals surface area contributed by atoms with Gasteiger partial charge in [-0.3, -0.25) is 9.88 Å². The van der Waals surface area contributed by atoms with E-state index in [1.807, 2.05) is 60.1 Å². The Kier molecular flexibility index (Phi) is 6.61. The lowest BCUT2D eigenvalue weighted by atomic mass is 9.94. The Morgan fingerprint density at radius 2 is 1.86 bits per heavy atom. The summed E-state index contributed by atoms with van der Waals surface area (Å²) in [6, 6.07) is 8.71. The van der Waals surface area contributed by atoms with E-state index in [1.165, 1.54) is 0 Å². The highest BCUT2D eigenvalue weighted by atomic mass is 16.3. The van der Waals surface area contributed by atoms with Crippen LogP contribution in [0.1, 0.15) is 39.7 Å². The first-order valence-corrected chi connectivity index (χ1v) is 12.9. The molecule has 0 bridgehead atoms. The molecule has 2 fully saturated rings. The van der Waals surface area contributed by atoms with Crippen molar-refractivity contribution in [3.63, 3.8) is 0 Å². The summed E-state index contributed by atoms with van der Waals surface area (Å²) < 4.78 is 1.89. The van der Waals surface area contributed by atoms with E-state index >= 15 is 0 Å². The van der Waals surface area contributed by atoms with E-state index in [0.29, 0.717) is 25.7 Å². The van der Waals surface area contributed by atoms with Gasteiger partial charge in [-0.1, -0.05) is 6.07 Å². The molecule has 0 radical (unpaired) electrons. The molecule has 3 aromatic heterocycles. The molecule has 0 unspecified atom stereocenters. The molecule has 9 heteroatoms. The third kappa shape index (κ3) is 4.77. The highest BCUT2D eigenvalue weighted by molar-refractivity contribution is 5.79. The second-order valence-corrected chi connectivity index (χ2v) is 10.6. The largest absolute Gasteiger partial charge is 0.384 e. The van der Waals surface area contributed by atoms with E-state index in [9.17, 15) is 9.90 Å². The van der Waals surface area contributed by atoms with Gasteiger partial charge in [0.05, 0.1) is 16.9 Å². The molecule has 3 aromatic rings. The number of carbonyl (C=O) groups is 1. The summed E-state index contributed by atoms with van der Waals surface area (Å²) in [7, 11) is 0. The van der Waals surface area contributed by atoms with Gasteiger partial charge in [0.2, 0.25) is 0 Å². The van der Waals surface area contributed by atoms with Crippen molar-refractivity contribution in [3.8, 4) is 11.3 Å². The molecular formula is C27H37N7O2. The first-order chi connectivity index (χ1) is 17.2. The molecule has 0 aliphatic carbocycles. The number of likely N-dealkylation sites (tertiary alicyclic amines) is 1. The molecule has 36 heavy (non-hydrogen) atoms. The fourth-order valence-corrected chi connectivity index (χ4v) is 5.24. The number of nitrogens with one attached hydrogen (secondary N) is 1. The number of hydrogen-bond donors (Lipinski definition) is 2. The lowest BCUT2D eigenvalue weighted by molar-refractivity contribution is 0.0421. The van der Waals surface area contributed by atoms with Crippen molar-refractivity contribution in [2.24, 2.45) is 0 Å². The van der Waals surface area contributed by atoms with E-state index in [-0.39, 0.29) is 12.1 Å². The van der Waals surface area contributed by atoms with Crippen molar-refractivity contribution in [3.05, 3.63) is 48.4 Å². The number of pyridine rings is 1. The van der Waals surface area contributed by atoms with Crippen molar-refractivity contribution in [2.45, 2.75) is 51.8 Å². The first-order valence-electron chi connectivity index (χ1n) is 12.9. The molecule has 0 spiro atoms. The number of urea groups is 1. The molecule has 5 rings (SSSR count). The summed E-state index contributed by atoms with van der Waals surface area (Å²) in [5.41, 5.74) is 3.98. The van der Waals surface area contributed by atoms with Gasteiger partial charge in [-0.15, -0.1) is 0 Å². The fraction of sp³-hybridized carbons (Fsp3) is 0.519. The molecule has 1 atom stereocenters. The molecular weight excluding hydrogens is 454 g/mol. The van der Waals surface area contributed by atoms with Gasteiger partial charge < -0.3 is 20.2 Å². The minimum Gasteiger partial charge on any atom is -0.384 e. The average molecular weight is 492 g/mol. The van der Waals surface area contributed by atoms with Crippen molar-refractivity contribution in [1.82, 2.24) is 29.7 Å². The van der Waals surface area contributed by atoms with Crippen molar-refractivity contribution < 1.29 is 9.90 Å². The van der Waals surface area contributed by atoms with Crippen molar-refractivity contribution in [2.75, 3.05) is 44.2 Å². The van der Waals surface area contributed by atoms with Gasteiger partial charge in [0.15, 0.2) is 0 Å². The van der Waals surface area contributed by atoms with E-state index in [1.54, 1.807) is 0 Å². The first kappa shape index (κ1) is 24.5. The van der Waals surface area contributed by atoms with Crippen LogP contribution in [0, 0.1) is 0 Å². The zero-order chi connectivity index (χ0) is 25.4. The van der Waals surface area contributed by atoms with Crippen LogP contribution in [0.25, 0.3) is 16.8 Å². The maximum absolute atomic E-state index is 12.4. The van der Waals surface area contributed by atoms with E-state index < -0.39 is 5.60 Å². The van der Waals surface area contributed by atoms with Crippen LogP contribution in [0.5, 0.6) is 0 Å². The van der Waals surface area contributed by atoms with Gasteiger partial charge in [0, 0.05) is 81.1 Å². The van der Waals surface area contributed by atoms with E-state index in [4.69, 9.17) is 4.98 Å². The predicted molar refractivity (Wildman–Crippen MR) is 141 cm³/mol. The molecule has 192 valence electrons. The molecule has 2 aliphatic rings. The molecule has 2 saturated heterocycles. The zero-order valence-corrected chi connectivity index (χ0v) is 21.7. The van der Waals surface area contributed by atoms with Gasteiger partial charge >= 0.3 is 6.03 Å². The molecule has 2 amide bonds. The zero-order valence-electron chi connectivity index (χ0n) is 21.7. The number of hydrogen-bond acceptors (Lipinski definition) is 6. The summed E-state index contributed by atoms with van der Waals surface area (Å²) in [5, 5.41) is 18.7. The molecule has 2 N–H and O–H groups in total. The van der Waals surface area contributed by atoms with Gasteiger partial charge in [-0.2, -0.15) is 5.10 Å². The summed E-state index contributed by atoms with van der Waals surface area (Å²) in [5.74, 6) is 0. The number of amides is 2. The second-order valence-electron chi connectivity index (χ2n) is 10.6. The van der Waals surface area contributed by atoms with Crippen LogP contribution in [0.4, 0.5) is 10.5 Å². The van der Waals surface area contributed by atoms with Crippen LogP contribution >= 0.6 is 0 Å². The topological polar surface area (TPSA) is 89.2 Å². The summed E-state index contributed by atoms with van der Waals surface area (Å²) >= 11 is 0. The Hall–Kier alpha value is -3.17. The maximum atomic E-state index is 12.4. The monoisotopic (exact) mass is 491 g/mol. The Labute approximate surface area is 212 Å². The number of fused-ring (bicyclic) bond motifs is 1. The van der Waals surface area contributed by atoms with E-state index in [2.05, 4.69) is 40.1 Å². The normalized spacial score (nSPS) is 21.2. The van der Waals surface area contributed by atoms with Gasteiger partial charge in [0.1, 0.15) is 5.60 Å². The number of nitrogens with zero attached hydrogens (tertiary/aromatic N) is 6. The van der Waals surface area contributed by atoms with Crippen molar-refractivity contribution >= 4 is 17.2 Å². The molecule has 0 aromatic carbocycles. The van der Waals surface area contributed by atoms with Gasteiger partial charge in [-0.05, 0) is 52.3 Å². The SMILES string of the molecule is CC(C)NC(=O)N1CCN(c2ccnn3cc(-c4ccc([C@@]5(O)CCN(C(C)C)C5)cn4)cc23)CC1. The molecule has 5 heterocycles. The smallest absolute Gasteiger partial charge is 0.317 e.